The number of rotatable bonds is 5. The number of hydrogen-bond acceptors (Lipinski definition) is 3. The monoisotopic (exact) mass is 289 g/mol. The van der Waals surface area contributed by atoms with Gasteiger partial charge in [0.15, 0.2) is 0 Å². The fourth-order valence-electron chi connectivity index (χ4n) is 2.65. The molecule has 0 radical (unpaired) electrons. The van der Waals surface area contributed by atoms with Crippen LogP contribution >= 0.6 is 0 Å². The predicted molar refractivity (Wildman–Crippen MR) is 81.7 cm³/mol. The molecule has 0 saturated heterocycles. The summed E-state index contributed by atoms with van der Waals surface area (Å²) in [4.78, 5) is 25.4. The molecule has 1 aliphatic carbocycles. The summed E-state index contributed by atoms with van der Waals surface area (Å²) < 4.78 is 0. The minimum Gasteiger partial charge on any atom is -0.335 e. The van der Waals surface area contributed by atoms with Crippen LogP contribution in [0.3, 0.4) is 0 Å². The van der Waals surface area contributed by atoms with Crippen molar-refractivity contribution in [2.45, 2.75) is 38.3 Å². The highest BCUT2D eigenvalue weighted by atomic mass is 16.2. The zero-order valence-electron chi connectivity index (χ0n) is 12.5. The highest BCUT2D eigenvalue weighted by Crippen LogP contribution is 2.17. The van der Waals surface area contributed by atoms with Crippen molar-refractivity contribution >= 4 is 11.9 Å². The Labute approximate surface area is 125 Å². The van der Waals surface area contributed by atoms with Crippen molar-refractivity contribution in [2.75, 3.05) is 13.6 Å². The smallest absolute Gasteiger partial charge is 0.321 e. The van der Waals surface area contributed by atoms with Crippen LogP contribution in [0.1, 0.15) is 31.2 Å². The first-order valence-electron chi connectivity index (χ1n) is 7.46. The van der Waals surface area contributed by atoms with Crippen molar-refractivity contribution in [1.29, 1.82) is 0 Å². The van der Waals surface area contributed by atoms with Crippen LogP contribution in [-0.2, 0) is 11.3 Å². The summed E-state index contributed by atoms with van der Waals surface area (Å²) in [5, 5.41) is 5.24. The average Bonchev–Trinajstić information content (AvgIpc) is 2.91. The lowest BCUT2D eigenvalue weighted by molar-refractivity contribution is -0.121. The molecule has 0 heterocycles. The van der Waals surface area contributed by atoms with E-state index in [1.54, 1.807) is 0 Å². The second-order valence-electron chi connectivity index (χ2n) is 5.66. The number of benzene rings is 1. The van der Waals surface area contributed by atoms with Gasteiger partial charge in [0.05, 0.1) is 6.54 Å². The van der Waals surface area contributed by atoms with E-state index in [-0.39, 0.29) is 24.5 Å². The first kappa shape index (κ1) is 15.5. The first-order chi connectivity index (χ1) is 10.1. The summed E-state index contributed by atoms with van der Waals surface area (Å²) in [6, 6.07) is 9.78. The second kappa shape index (κ2) is 7.78. The number of likely N-dealkylation sites (N-methyl/N-ethyl adjacent to an activating group) is 1. The Bertz CT molecular complexity index is 470. The molecular formula is C16H23N3O2. The highest BCUT2D eigenvalue weighted by Gasteiger charge is 2.18. The van der Waals surface area contributed by atoms with E-state index in [4.69, 9.17) is 0 Å². The summed E-state index contributed by atoms with van der Waals surface area (Å²) >= 11 is 0. The van der Waals surface area contributed by atoms with Gasteiger partial charge in [0.25, 0.3) is 0 Å². The lowest BCUT2D eigenvalue weighted by atomic mass is 10.2. The van der Waals surface area contributed by atoms with Crippen molar-refractivity contribution in [3.05, 3.63) is 35.9 Å². The van der Waals surface area contributed by atoms with Gasteiger partial charge in [0.2, 0.25) is 5.91 Å². The van der Waals surface area contributed by atoms with Crippen LogP contribution in [0.25, 0.3) is 0 Å². The summed E-state index contributed by atoms with van der Waals surface area (Å²) in [7, 11) is 1.86. The molecule has 0 aliphatic heterocycles. The first-order valence-corrected chi connectivity index (χ1v) is 7.46. The van der Waals surface area contributed by atoms with Crippen LogP contribution < -0.4 is 10.6 Å². The van der Waals surface area contributed by atoms with E-state index >= 15 is 0 Å². The molecule has 1 aromatic carbocycles. The van der Waals surface area contributed by atoms with E-state index in [1.807, 2.05) is 42.3 Å². The third-order valence-corrected chi connectivity index (χ3v) is 3.65. The van der Waals surface area contributed by atoms with E-state index in [1.165, 1.54) is 0 Å². The maximum atomic E-state index is 11.8. The summed E-state index contributed by atoms with van der Waals surface area (Å²) in [5.74, 6) is -0.274. The molecule has 1 aliphatic rings. The Balaban J connectivity index is 1.69. The number of nitrogens with zero attached hydrogens (tertiary/aromatic N) is 1. The van der Waals surface area contributed by atoms with Gasteiger partial charge in [-0.3, -0.25) is 15.0 Å². The number of carbonyl (C=O) groups is 2. The fourth-order valence-corrected chi connectivity index (χ4v) is 2.65. The minimum atomic E-state index is -0.375. The van der Waals surface area contributed by atoms with Gasteiger partial charge in [-0.05, 0) is 25.5 Å². The van der Waals surface area contributed by atoms with E-state index in [0.29, 0.717) is 6.54 Å². The molecule has 5 nitrogen and oxygen atoms in total. The summed E-state index contributed by atoms with van der Waals surface area (Å²) in [5.41, 5.74) is 1.14. The Hall–Kier alpha value is -1.88. The van der Waals surface area contributed by atoms with Crippen molar-refractivity contribution in [2.24, 2.45) is 0 Å². The van der Waals surface area contributed by atoms with Crippen LogP contribution in [0, 0.1) is 0 Å². The van der Waals surface area contributed by atoms with E-state index in [2.05, 4.69) is 10.6 Å². The van der Waals surface area contributed by atoms with Crippen molar-refractivity contribution in [3.8, 4) is 0 Å². The van der Waals surface area contributed by atoms with Gasteiger partial charge in [0.1, 0.15) is 0 Å². The number of hydrogen-bond donors (Lipinski definition) is 2. The van der Waals surface area contributed by atoms with Gasteiger partial charge in [-0.15, -0.1) is 0 Å². The molecule has 2 N–H and O–H groups in total. The van der Waals surface area contributed by atoms with Gasteiger partial charge in [-0.2, -0.15) is 0 Å². The van der Waals surface area contributed by atoms with E-state index in [0.717, 1.165) is 31.2 Å². The van der Waals surface area contributed by atoms with Crippen molar-refractivity contribution in [1.82, 2.24) is 15.5 Å². The fraction of sp³-hybridized carbons (Fsp3) is 0.500. The molecule has 1 saturated carbocycles. The van der Waals surface area contributed by atoms with Gasteiger partial charge in [0, 0.05) is 12.6 Å². The molecule has 3 amide bonds. The summed E-state index contributed by atoms with van der Waals surface area (Å²) in [6.45, 7) is 0.880. The molecular weight excluding hydrogens is 266 g/mol. The number of urea groups is 1. The maximum Gasteiger partial charge on any atom is 0.321 e. The SMILES string of the molecule is CN(CC(=O)NC(=O)NC1CCCC1)Cc1ccccc1. The number of amides is 3. The Morgan fingerprint density at radius 3 is 2.52 bits per heavy atom. The minimum absolute atomic E-state index is 0.201. The molecule has 2 rings (SSSR count). The van der Waals surface area contributed by atoms with Crippen molar-refractivity contribution in [3.63, 3.8) is 0 Å². The maximum absolute atomic E-state index is 11.8. The second-order valence-corrected chi connectivity index (χ2v) is 5.66. The van der Waals surface area contributed by atoms with Gasteiger partial charge in [-0.1, -0.05) is 43.2 Å². The summed E-state index contributed by atoms with van der Waals surface area (Å²) in [6.07, 6.45) is 4.32. The molecule has 0 aromatic heterocycles. The van der Waals surface area contributed by atoms with Crippen LogP contribution in [0.15, 0.2) is 30.3 Å². The molecule has 5 heteroatoms. The Kier molecular flexibility index (Phi) is 5.75. The molecule has 21 heavy (non-hydrogen) atoms. The molecule has 1 fully saturated rings. The van der Waals surface area contributed by atoms with Gasteiger partial charge >= 0.3 is 6.03 Å². The van der Waals surface area contributed by atoms with Crippen LogP contribution in [0.4, 0.5) is 4.79 Å². The normalized spacial score (nSPS) is 15.1. The number of nitrogens with one attached hydrogen (secondary N) is 2. The van der Waals surface area contributed by atoms with Crippen molar-refractivity contribution < 1.29 is 9.59 Å². The average molecular weight is 289 g/mol. The Morgan fingerprint density at radius 1 is 1.19 bits per heavy atom. The standard InChI is InChI=1S/C16H23N3O2/c1-19(11-13-7-3-2-4-8-13)12-15(20)18-16(21)17-14-9-5-6-10-14/h2-4,7-8,14H,5-6,9-12H2,1H3,(H2,17,18,20,21). The molecule has 0 unspecified atom stereocenters. The van der Waals surface area contributed by atoms with Crippen LogP contribution in [0.5, 0.6) is 0 Å². The lowest BCUT2D eigenvalue weighted by Crippen LogP contribution is -2.46. The molecule has 0 bridgehead atoms. The van der Waals surface area contributed by atoms with Gasteiger partial charge in [-0.25, -0.2) is 4.79 Å². The van der Waals surface area contributed by atoms with Crippen LogP contribution in [-0.4, -0.2) is 36.5 Å². The zero-order chi connectivity index (χ0) is 15.1. The highest BCUT2D eigenvalue weighted by molar-refractivity contribution is 5.95. The molecule has 1 aromatic rings. The van der Waals surface area contributed by atoms with Crippen LogP contribution in [0.2, 0.25) is 0 Å². The molecule has 0 atom stereocenters. The third kappa shape index (κ3) is 5.55. The molecule has 0 spiro atoms. The van der Waals surface area contributed by atoms with Gasteiger partial charge < -0.3 is 5.32 Å². The topological polar surface area (TPSA) is 61.4 Å². The third-order valence-electron chi connectivity index (χ3n) is 3.65. The zero-order valence-corrected chi connectivity index (χ0v) is 12.5. The largest absolute Gasteiger partial charge is 0.335 e. The lowest BCUT2D eigenvalue weighted by Gasteiger charge is -2.17. The Morgan fingerprint density at radius 2 is 1.86 bits per heavy atom. The molecule has 114 valence electrons. The quantitative estimate of drug-likeness (QED) is 0.870. The van der Waals surface area contributed by atoms with E-state index in [9.17, 15) is 9.59 Å². The number of imide groups is 1. The predicted octanol–water partition coefficient (Wildman–Crippen LogP) is 1.89. The van der Waals surface area contributed by atoms with E-state index < -0.39 is 0 Å². The number of carbonyl (C=O) groups excluding carboxylic acids is 2.